The van der Waals surface area contributed by atoms with Crippen LogP contribution in [-0.2, 0) is 0 Å². The molecule has 0 radical (unpaired) electrons. The van der Waals surface area contributed by atoms with Crippen LogP contribution in [0.3, 0.4) is 0 Å². The molecule has 0 saturated carbocycles. The van der Waals surface area contributed by atoms with Gasteiger partial charge >= 0.3 is 0 Å². The summed E-state index contributed by atoms with van der Waals surface area (Å²) in [6.45, 7) is 6.94. The van der Waals surface area contributed by atoms with E-state index in [0.717, 1.165) is 24.9 Å². The normalized spacial score (nSPS) is 10.6. The first-order valence-electron chi connectivity index (χ1n) is 6.12. The molecule has 1 amide bonds. The van der Waals surface area contributed by atoms with E-state index in [2.05, 4.69) is 19.2 Å². The third-order valence-corrected chi connectivity index (χ3v) is 3.55. The largest absolute Gasteiger partial charge is 0.352 e. The summed E-state index contributed by atoms with van der Waals surface area (Å²) < 4.78 is 0. The molecule has 1 N–H and O–H groups in total. The molecule has 0 spiro atoms. The van der Waals surface area contributed by atoms with Crippen LogP contribution in [0, 0.1) is 12.8 Å². The van der Waals surface area contributed by atoms with Crippen LogP contribution in [0.5, 0.6) is 0 Å². The van der Waals surface area contributed by atoms with Gasteiger partial charge in [0.05, 0.1) is 0 Å². The highest BCUT2D eigenvalue weighted by Crippen LogP contribution is 2.16. The molecule has 0 bridgehead atoms. The van der Waals surface area contributed by atoms with E-state index in [1.807, 2.05) is 13.0 Å². The molecule has 0 aliphatic heterocycles. The lowest BCUT2D eigenvalue weighted by Gasteiger charge is -2.13. The highest BCUT2D eigenvalue weighted by molar-refractivity contribution is 6.31. The lowest BCUT2D eigenvalue weighted by atomic mass is 10.0. The number of aryl methyl sites for hydroxylation is 1. The van der Waals surface area contributed by atoms with Gasteiger partial charge in [-0.25, -0.2) is 0 Å². The number of rotatable bonds is 5. The maximum absolute atomic E-state index is 11.9. The molecule has 2 nitrogen and oxygen atoms in total. The highest BCUT2D eigenvalue weighted by Gasteiger charge is 2.09. The fourth-order valence-electron chi connectivity index (χ4n) is 1.70. The van der Waals surface area contributed by atoms with Crippen molar-refractivity contribution in [2.45, 2.75) is 33.6 Å². The molecule has 0 unspecified atom stereocenters. The van der Waals surface area contributed by atoms with Crippen LogP contribution in [0.15, 0.2) is 18.2 Å². The molecule has 0 atom stereocenters. The van der Waals surface area contributed by atoms with Crippen molar-refractivity contribution in [1.82, 2.24) is 5.32 Å². The molecule has 0 saturated heterocycles. The minimum atomic E-state index is -0.0170. The summed E-state index contributed by atoms with van der Waals surface area (Å²) in [5.41, 5.74) is 1.61. The van der Waals surface area contributed by atoms with Crippen molar-refractivity contribution < 1.29 is 4.79 Å². The van der Waals surface area contributed by atoms with Crippen molar-refractivity contribution in [3.05, 3.63) is 34.3 Å². The van der Waals surface area contributed by atoms with Crippen LogP contribution in [0.1, 0.15) is 42.6 Å². The van der Waals surface area contributed by atoms with E-state index in [1.54, 1.807) is 12.1 Å². The summed E-state index contributed by atoms with van der Waals surface area (Å²) in [4.78, 5) is 11.9. The minimum Gasteiger partial charge on any atom is -0.352 e. The Labute approximate surface area is 108 Å². The SMILES string of the molecule is CCC(CC)CNC(=O)c1ccc(Cl)c(C)c1. The quantitative estimate of drug-likeness (QED) is 0.849. The van der Waals surface area contributed by atoms with Gasteiger partial charge in [0, 0.05) is 17.1 Å². The van der Waals surface area contributed by atoms with Crippen molar-refractivity contribution in [2.24, 2.45) is 5.92 Å². The number of carbonyl (C=O) groups excluding carboxylic acids is 1. The Hall–Kier alpha value is -1.02. The minimum absolute atomic E-state index is 0.0170. The van der Waals surface area contributed by atoms with Gasteiger partial charge in [0.1, 0.15) is 0 Å². The molecule has 0 aliphatic carbocycles. The molecule has 0 heterocycles. The predicted molar refractivity (Wildman–Crippen MR) is 72.6 cm³/mol. The Morgan fingerprint density at radius 2 is 2.00 bits per heavy atom. The first kappa shape index (κ1) is 14.0. The molecular weight excluding hydrogens is 234 g/mol. The van der Waals surface area contributed by atoms with E-state index in [0.29, 0.717) is 16.5 Å². The third kappa shape index (κ3) is 4.04. The summed E-state index contributed by atoms with van der Waals surface area (Å²) in [6, 6.07) is 5.35. The zero-order valence-corrected chi connectivity index (χ0v) is 11.5. The van der Waals surface area contributed by atoms with E-state index >= 15 is 0 Å². The number of benzene rings is 1. The number of carbonyl (C=O) groups is 1. The number of amides is 1. The van der Waals surface area contributed by atoms with Gasteiger partial charge < -0.3 is 5.32 Å². The smallest absolute Gasteiger partial charge is 0.251 e. The molecule has 0 aromatic heterocycles. The second-order valence-corrected chi connectivity index (χ2v) is 4.76. The fourth-order valence-corrected chi connectivity index (χ4v) is 1.82. The lowest BCUT2D eigenvalue weighted by molar-refractivity contribution is 0.0946. The predicted octanol–water partition coefficient (Wildman–Crippen LogP) is 3.81. The topological polar surface area (TPSA) is 29.1 Å². The summed E-state index contributed by atoms with van der Waals surface area (Å²) in [6.07, 6.45) is 2.19. The second-order valence-electron chi connectivity index (χ2n) is 4.36. The Kier molecular flexibility index (Phi) is 5.49. The van der Waals surface area contributed by atoms with Gasteiger partial charge in [-0.1, -0.05) is 38.3 Å². The highest BCUT2D eigenvalue weighted by atomic mass is 35.5. The van der Waals surface area contributed by atoms with Gasteiger partial charge in [-0.15, -0.1) is 0 Å². The van der Waals surface area contributed by atoms with E-state index < -0.39 is 0 Å². The maximum atomic E-state index is 11.9. The number of hydrogen-bond acceptors (Lipinski definition) is 1. The zero-order chi connectivity index (χ0) is 12.8. The van der Waals surface area contributed by atoms with Gasteiger partial charge in [-0.05, 0) is 36.6 Å². The molecule has 0 aliphatic rings. The first-order valence-corrected chi connectivity index (χ1v) is 6.50. The van der Waals surface area contributed by atoms with Crippen molar-refractivity contribution in [3.63, 3.8) is 0 Å². The van der Waals surface area contributed by atoms with Gasteiger partial charge in [0.2, 0.25) is 0 Å². The van der Waals surface area contributed by atoms with Crippen molar-refractivity contribution >= 4 is 17.5 Å². The summed E-state index contributed by atoms with van der Waals surface area (Å²) in [5.74, 6) is 0.545. The summed E-state index contributed by atoms with van der Waals surface area (Å²) in [7, 11) is 0. The average Bonchev–Trinajstić information content (AvgIpc) is 2.33. The third-order valence-electron chi connectivity index (χ3n) is 3.13. The zero-order valence-electron chi connectivity index (χ0n) is 10.7. The number of hydrogen-bond donors (Lipinski definition) is 1. The van der Waals surface area contributed by atoms with Crippen LogP contribution in [0.4, 0.5) is 0 Å². The molecule has 1 rings (SSSR count). The molecule has 17 heavy (non-hydrogen) atoms. The van der Waals surface area contributed by atoms with Crippen molar-refractivity contribution in [2.75, 3.05) is 6.54 Å². The van der Waals surface area contributed by atoms with E-state index in [1.165, 1.54) is 0 Å². The lowest BCUT2D eigenvalue weighted by Crippen LogP contribution is -2.28. The van der Waals surface area contributed by atoms with Gasteiger partial charge in [-0.3, -0.25) is 4.79 Å². The fraction of sp³-hybridized carbons (Fsp3) is 0.500. The molecule has 1 aromatic rings. The Morgan fingerprint density at radius 1 is 1.35 bits per heavy atom. The monoisotopic (exact) mass is 253 g/mol. The molecule has 0 fully saturated rings. The standard InChI is InChI=1S/C14H20ClNO/c1-4-11(5-2)9-16-14(17)12-6-7-13(15)10(3)8-12/h6-8,11H,4-5,9H2,1-3H3,(H,16,17). The second kappa shape index (κ2) is 6.65. The van der Waals surface area contributed by atoms with E-state index in [-0.39, 0.29) is 5.91 Å². The van der Waals surface area contributed by atoms with Gasteiger partial charge in [0.15, 0.2) is 0 Å². The Balaban J connectivity index is 2.61. The molecule has 1 aromatic carbocycles. The average molecular weight is 254 g/mol. The molecule has 94 valence electrons. The molecular formula is C14H20ClNO. The van der Waals surface area contributed by atoms with Gasteiger partial charge in [0.25, 0.3) is 5.91 Å². The van der Waals surface area contributed by atoms with Crippen LogP contribution >= 0.6 is 11.6 Å². The summed E-state index contributed by atoms with van der Waals surface area (Å²) >= 11 is 5.93. The van der Waals surface area contributed by atoms with Crippen LogP contribution in [0.2, 0.25) is 5.02 Å². The van der Waals surface area contributed by atoms with Crippen molar-refractivity contribution in [3.8, 4) is 0 Å². The van der Waals surface area contributed by atoms with E-state index in [9.17, 15) is 4.79 Å². The van der Waals surface area contributed by atoms with Gasteiger partial charge in [-0.2, -0.15) is 0 Å². The Morgan fingerprint density at radius 3 is 2.53 bits per heavy atom. The summed E-state index contributed by atoms with van der Waals surface area (Å²) in [5, 5.41) is 3.66. The van der Waals surface area contributed by atoms with E-state index in [4.69, 9.17) is 11.6 Å². The van der Waals surface area contributed by atoms with Crippen LogP contribution < -0.4 is 5.32 Å². The van der Waals surface area contributed by atoms with Crippen LogP contribution in [-0.4, -0.2) is 12.5 Å². The number of halogens is 1. The van der Waals surface area contributed by atoms with Crippen molar-refractivity contribution in [1.29, 1.82) is 0 Å². The van der Waals surface area contributed by atoms with Crippen LogP contribution in [0.25, 0.3) is 0 Å². The molecule has 3 heteroatoms. The number of nitrogens with one attached hydrogen (secondary N) is 1. The first-order chi connectivity index (χ1) is 8.08. The Bertz CT molecular complexity index is 386. The maximum Gasteiger partial charge on any atom is 0.251 e.